The van der Waals surface area contributed by atoms with E-state index in [1.54, 1.807) is 24.7 Å². The van der Waals surface area contributed by atoms with E-state index in [4.69, 9.17) is 10.5 Å². The predicted molar refractivity (Wildman–Crippen MR) is 67.3 cm³/mol. The van der Waals surface area contributed by atoms with Crippen molar-refractivity contribution in [3.63, 3.8) is 0 Å². The van der Waals surface area contributed by atoms with E-state index in [-0.39, 0.29) is 19.0 Å². The van der Waals surface area contributed by atoms with Crippen molar-refractivity contribution in [2.75, 3.05) is 13.2 Å². The van der Waals surface area contributed by atoms with E-state index < -0.39 is 0 Å². The fourth-order valence-corrected chi connectivity index (χ4v) is 1.47. The molecule has 2 rings (SSSR count). The van der Waals surface area contributed by atoms with Gasteiger partial charge >= 0.3 is 0 Å². The molecule has 94 valence electrons. The fourth-order valence-electron chi connectivity index (χ4n) is 1.47. The molecule has 2 aromatic rings. The van der Waals surface area contributed by atoms with Crippen molar-refractivity contribution >= 4 is 0 Å². The van der Waals surface area contributed by atoms with Gasteiger partial charge in [-0.05, 0) is 30.3 Å². The van der Waals surface area contributed by atoms with Crippen LogP contribution in [0.25, 0.3) is 5.69 Å². The van der Waals surface area contributed by atoms with Crippen LogP contribution in [-0.4, -0.2) is 22.7 Å². The molecule has 1 aromatic heterocycles. The molecule has 0 radical (unpaired) electrons. The molecule has 0 bridgehead atoms. The van der Waals surface area contributed by atoms with Crippen LogP contribution in [0.2, 0.25) is 0 Å². The number of ether oxygens (including phenoxy) is 1. The van der Waals surface area contributed by atoms with E-state index in [1.807, 2.05) is 22.9 Å². The van der Waals surface area contributed by atoms with Crippen molar-refractivity contribution < 1.29 is 9.13 Å². The molecule has 0 unspecified atom stereocenters. The number of hydrogen-bond acceptors (Lipinski definition) is 3. The zero-order chi connectivity index (χ0) is 12.8. The number of rotatable bonds is 5. The smallest absolute Gasteiger partial charge is 0.139 e. The molecule has 4 nitrogen and oxygen atoms in total. The highest BCUT2D eigenvalue weighted by molar-refractivity contribution is 5.37. The minimum Gasteiger partial charge on any atom is -0.487 e. The average molecular weight is 247 g/mol. The lowest BCUT2D eigenvalue weighted by atomic mass is 10.3. The fraction of sp³-hybridized carbons (Fsp3) is 0.154. The molecule has 0 aliphatic rings. The van der Waals surface area contributed by atoms with Crippen molar-refractivity contribution in [2.45, 2.75) is 0 Å². The third kappa shape index (κ3) is 3.18. The average Bonchev–Trinajstić information content (AvgIpc) is 2.91. The number of aromatic nitrogens is 2. The summed E-state index contributed by atoms with van der Waals surface area (Å²) < 4.78 is 20.2. The summed E-state index contributed by atoms with van der Waals surface area (Å²) in [6.45, 7) is 0.0797. The summed E-state index contributed by atoms with van der Waals surface area (Å²) in [5, 5.41) is 0. The molecule has 0 saturated carbocycles. The summed E-state index contributed by atoms with van der Waals surface area (Å²) in [5.41, 5.74) is 6.16. The second-order valence-corrected chi connectivity index (χ2v) is 3.64. The van der Waals surface area contributed by atoms with Crippen molar-refractivity contribution in [2.24, 2.45) is 5.73 Å². The molecule has 0 aliphatic carbocycles. The number of benzene rings is 1. The lowest BCUT2D eigenvalue weighted by molar-refractivity contribution is 0.318. The highest BCUT2D eigenvalue weighted by Gasteiger charge is 1.99. The van der Waals surface area contributed by atoms with Crippen LogP contribution >= 0.6 is 0 Å². The summed E-state index contributed by atoms with van der Waals surface area (Å²) in [6.07, 6.45) is 6.55. The van der Waals surface area contributed by atoms with Gasteiger partial charge < -0.3 is 15.0 Å². The molecular weight excluding hydrogens is 233 g/mol. The minimum atomic E-state index is -0.365. The van der Waals surface area contributed by atoms with Gasteiger partial charge in [0.25, 0.3) is 0 Å². The highest BCUT2D eigenvalue weighted by Crippen LogP contribution is 2.15. The maximum atomic E-state index is 13.0. The second-order valence-electron chi connectivity index (χ2n) is 3.64. The van der Waals surface area contributed by atoms with Crippen LogP contribution in [0.4, 0.5) is 4.39 Å². The van der Waals surface area contributed by atoms with E-state index >= 15 is 0 Å². The van der Waals surface area contributed by atoms with Crippen molar-refractivity contribution in [3.8, 4) is 11.4 Å². The first kappa shape index (κ1) is 12.3. The van der Waals surface area contributed by atoms with Crippen molar-refractivity contribution in [1.29, 1.82) is 0 Å². The van der Waals surface area contributed by atoms with Crippen LogP contribution in [0.3, 0.4) is 0 Å². The first-order chi connectivity index (χ1) is 8.79. The summed E-state index contributed by atoms with van der Waals surface area (Å²) in [7, 11) is 0. The normalized spacial score (nSPS) is 11.6. The van der Waals surface area contributed by atoms with Gasteiger partial charge in [0.05, 0.1) is 6.33 Å². The zero-order valence-corrected chi connectivity index (χ0v) is 9.79. The first-order valence-corrected chi connectivity index (χ1v) is 5.55. The molecular formula is C13H14FN3O. The molecule has 0 amide bonds. The van der Waals surface area contributed by atoms with Gasteiger partial charge in [-0.15, -0.1) is 0 Å². The van der Waals surface area contributed by atoms with E-state index in [1.165, 1.54) is 6.08 Å². The Morgan fingerprint density at radius 2 is 2.17 bits per heavy atom. The number of halogens is 1. The maximum absolute atomic E-state index is 13.0. The second kappa shape index (κ2) is 5.97. The molecule has 5 heteroatoms. The van der Waals surface area contributed by atoms with E-state index in [0.29, 0.717) is 5.75 Å². The van der Waals surface area contributed by atoms with Gasteiger partial charge in [-0.3, -0.25) is 0 Å². The Hall–Kier alpha value is -2.14. The number of nitrogens with zero attached hydrogens (tertiary/aromatic N) is 2. The van der Waals surface area contributed by atoms with Gasteiger partial charge in [0.1, 0.15) is 18.2 Å². The number of hydrogen-bond donors (Lipinski definition) is 1. The number of imidazole rings is 1. The first-order valence-electron chi connectivity index (χ1n) is 5.55. The summed E-state index contributed by atoms with van der Waals surface area (Å²) in [5.74, 6) is 0.246. The van der Waals surface area contributed by atoms with E-state index in [2.05, 4.69) is 4.98 Å². The van der Waals surface area contributed by atoms with Gasteiger partial charge in [0.2, 0.25) is 0 Å². The van der Waals surface area contributed by atoms with Crippen LogP contribution in [-0.2, 0) is 0 Å². The summed E-state index contributed by atoms with van der Waals surface area (Å²) in [6, 6.07) is 7.32. The highest BCUT2D eigenvalue weighted by atomic mass is 19.1. The standard InChI is InChI=1S/C13H14FN3O/c14-11(5-6-15)9-18-13-3-1-12(2-4-13)17-8-7-16-10-17/h1-5,7-8,10H,6,9,15H2. The lowest BCUT2D eigenvalue weighted by Crippen LogP contribution is -2.01. The van der Waals surface area contributed by atoms with Crippen LogP contribution < -0.4 is 10.5 Å². The van der Waals surface area contributed by atoms with Crippen LogP contribution in [0.5, 0.6) is 5.75 Å². The largest absolute Gasteiger partial charge is 0.487 e. The Bertz CT molecular complexity index is 506. The molecule has 0 aliphatic heterocycles. The molecule has 18 heavy (non-hydrogen) atoms. The Morgan fingerprint density at radius 1 is 1.39 bits per heavy atom. The molecule has 0 fully saturated rings. The van der Waals surface area contributed by atoms with Gasteiger partial charge in [0.15, 0.2) is 0 Å². The van der Waals surface area contributed by atoms with Gasteiger partial charge in [0, 0.05) is 24.6 Å². The van der Waals surface area contributed by atoms with Crippen LogP contribution in [0, 0.1) is 0 Å². The Labute approximate surface area is 105 Å². The Kier molecular flexibility index (Phi) is 4.09. The lowest BCUT2D eigenvalue weighted by Gasteiger charge is -2.06. The van der Waals surface area contributed by atoms with E-state index in [9.17, 15) is 4.39 Å². The maximum Gasteiger partial charge on any atom is 0.139 e. The molecule has 2 N–H and O–H groups in total. The molecule has 1 aromatic carbocycles. The molecule has 0 saturated heterocycles. The topological polar surface area (TPSA) is 53.1 Å². The van der Waals surface area contributed by atoms with Crippen molar-refractivity contribution in [1.82, 2.24) is 9.55 Å². The minimum absolute atomic E-state index is 0.0956. The van der Waals surface area contributed by atoms with Gasteiger partial charge in [-0.2, -0.15) is 0 Å². The quantitative estimate of drug-likeness (QED) is 0.879. The molecule has 0 atom stereocenters. The van der Waals surface area contributed by atoms with Gasteiger partial charge in [-0.25, -0.2) is 9.37 Å². The molecule has 1 heterocycles. The SMILES string of the molecule is NCC=C(F)COc1ccc(-n2ccnc2)cc1. The van der Waals surface area contributed by atoms with E-state index in [0.717, 1.165) is 5.69 Å². The third-order valence-corrected chi connectivity index (χ3v) is 2.36. The summed E-state index contributed by atoms with van der Waals surface area (Å²) in [4.78, 5) is 3.96. The van der Waals surface area contributed by atoms with Crippen molar-refractivity contribution in [3.05, 3.63) is 54.9 Å². The summed E-state index contributed by atoms with van der Waals surface area (Å²) >= 11 is 0. The van der Waals surface area contributed by atoms with Crippen LogP contribution in [0.15, 0.2) is 54.9 Å². The Morgan fingerprint density at radius 3 is 2.78 bits per heavy atom. The van der Waals surface area contributed by atoms with Crippen LogP contribution in [0.1, 0.15) is 0 Å². The number of nitrogens with two attached hydrogens (primary N) is 1. The molecule has 0 spiro atoms. The monoisotopic (exact) mass is 247 g/mol. The third-order valence-electron chi connectivity index (χ3n) is 2.36. The van der Waals surface area contributed by atoms with Gasteiger partial charge in [-0.1, -0.05) is 0 Å². The predicted octanol–water partition coefficient (Wildman–Crippen LogP) is 2.06. The zero-order valence-electron chi connectivity index (χ0n) is 9.79. The Balaban J connectivity index is 1.98.